The summed E-state index contributed by atoms with van der Waals surface area (Å²) in [7, 11) is 0. The predicted molar refractivity (Wildman–Crippen MR) is 57.7 cm³/mol. The van der Waals surface area contributed by atoms with Gasteiger partial charge in [0, 0.05) is 12.6 Å². The minimum Gasteiger partial charge on any atom is -0.377 e. The molecule has 0 amide bonds. The Morgan fingerprint density at radius 3 is 2.00 bits per heavy atom. The van der Waals surface area contributed by atoms with Crippen LogP contribution in [0.2, 0.25) is 0 Å². The Balaban J connectivity index is 4.02. The normalized spacial score (nSPS) is 16.6. The highest BCUT2D eigenvalue weighted by molar-refractivity contribution is 4.77. The summed E-state index contributed by atoms with van der Waals surface area (Å²) >= 11 is 0. The Kier molecular flexibility index (Phi) is 6.35. The summed E-state index contributed by atoms with van der Waals surface area (Å²) in [4.78, 5) is 0. The largest absolute Gasteiger partial charge is 0.377 e. The Hall–Kier alpha value is -0.0800. The SMILES string of the molecule is CCOC(C(C)C)C(N)CC(C)C. The van der Waals surface area contributed by atoms with Gasteiger partial charge in [-0.2, -0.15) is 0 Å². The van der Waals surface area contributed by atoms with E-state index in [0.717, 1.165) is 13.0 Å². The summed E-state index contributed by atoms with van der Waals surface area (Å²) in [5.74, 6) is 1.16. The fourth-order valence-corrected chi connectivity index (χ4v) is 1.68. The molecule has 2 unspecified atom stereocenters. The van der Waals surface area contributed by atoms with Crippen LogP contribution < -0.4 is 5.73 Å². The lowest BCUT2D eigenvalue weighted by atomic mass is 9.93. The topological polar surface area (TPSA) is 35.2 Å². The first-order valence-electron chi connectivity index (χ1n) is 5.36. The highest BCUT2D eigenvalue weighted by Gasteiger charge is 2.21. The molecule has 80 valence electrons. The fourth-order valence-electron chi connectivity index (χ4n) is 1.68. The molecule has 2 nitrogen and oxygen atoms in total. The third-order valence-corrected chi connectivity index (χ3v) is 2.18. The number of hydrogen-bond donors (Lipinski definition) is 1. The van der Waals surface area contributed by atoms with Gasteiger partial charge in [-0.25, -0.2) is 0 Å². The van der Waals surface area contributed by atoms with Crippen molar-refractivity contribution in [3.05, 3.63) is 0 Å². The summed E-state index contributed by atoms with van der Waals surface area (Å²) in [6, 6.07) is 0.181. The van der Waals surface area contributed by atoms with E-state index in [2.05, 4.69) is 27.7 Å². The van der Waals surface area contributed by atoms with Crippen molar-refractivity contribution in [2.24, 2.45) is 17.6 Å². The van der Waals surface area contributed by atoms with Crippen LogP contribution in [0.3, 0.4) is 0 Å². The minimum atomic E-state index is 0.181. The maximum absolute atomic E-state index is 6.08. The summed E-state index contributed by atoms with van der Waals surface area (Å²) < 4.78 is 5.64. The van der Waals surface area contributed by atoms with Crippen LogP contribution in [0, 0.1) is 11.8 Å². The molecule has 0 saturated heterocycles. The second kappa shape index (κ2) is 6.39. The van der Waals surface area contributed by atoms with Crippen LogP contribution in [0.4, 0.5) is 0 Å². The van der Waals surface area contributed by atoms with Crippen LogP contribution in [0.1, 0.15) is 41.0 Å². The number of hydrogen-bond acceptors (Lipinski definition) is 2. The molecule has 0 aromatic carbocycles. The van der Waals surface area contributed by atoms with Crippen LogP contribution >= 0.6 is 0 Å². The molecule has 0 aromatic heterocycles. The first-order valence-corrected chi connectivity index (χ1v) is 5.36. The highest BCUT2D eigenvalue weighted by atomic mass is 16.5. The average molecular weight is 187 g/mol. The molecule has 0 fully saturated rings. The monoisotopic (exact) mass is 187 g/mol. The zero-order chi connectivity index (χ0) is 10.4. The van der Waals surface area contributed by atoms with Crippen molar-refractivity contribution in [1.29, 1.82) is 0 Å². The third-order valence-electron chi connectivity index (χ3n) is 2.18. The van der Waals surface area contributed by atoms with E-state index in [1.165, 1.54) is 0 Å². The first-order chi connectivity index (χ1) is 5.99. The molecule has 0 aliphatic heterocycles. The van der Waals surface area contributed by atoms with Crippen molar-refractivity contribution in [2.45, 2.75) is 53.2 Å². The molecule has 0 saturated carbocycles. The molecule has 0 aliphatic carbocycles. The molecule has 0 rings (SSSR count). The van der Waals surface area contributed by atoms with Gasteiger partial charge < -0.3 is 10.5 Å². The highest BCUT2D eigenvalue weighted by Crippen LogP contribution is 2.15. The maximum atomic E-state index is 6.08. The number of rotatable bonds is 6. The average Bonchev–Trinajstić information content (AvgIpc) is 1.97. The van der Waals surface area contributed by atoms with E-state index in [9.17, 15) is 0 Å². The van der Waals surface area contributed by atoms with E-state index in [1.807, 2.05) is 6.92 Å². The van der Waals surface area contributed by atoms with Gasteiger partial charge in [-0.3, -0.25) is 0 Å². The van der Waals surface area contributed by atoms with Crippen LogP contribution in [0.15, 0.2) is 0 Å². The second-order valence-corrected chi connectivity index (χ2v) is 4.46. The molecule has 0 radical (unpaired) electrons. The van der Waals surface area contributed by atoms with E-state index >= 15 is 0 Å². The lowest BCUT2D eigenvalue weighted by Gasteiger charge is -2.28. The van der Waals surface area contributed by atoms with Crippen molar-refractivity contribution in [3.8, 4) is 0 Å². The van der Waals surface area contributed by atoms with Crippen LogP contribution in [-0.4, -0.2) is 18.8 Å². The van der Waals surface area contributed by atoms with Crippen molar-refractivity contribution >= 4 is 0 Å². The number of ether oxygens (including phenoxy) is 1. The van der Waals surface area contributed by atoms with E-state index < -0.39 is 0 Å². The molecule has 2 heteroatoms. The lowest BCUT2D eigenvalue weighted by Crippen LogP contribution is -2.41. The van der Waals surface area contributed by atoms with Crippen molar-refractivity contribution in [2.75, 3.05) is 6.61 Å². The predicted octanol–water partition coefficient (Wildman–Crippen LogP) is 2.42. The van der Waals surface area contributed by atoms with Crippen LogP contribution in [-0.2, 0) is 4.74 Å². The molecule has 2 N–H and O–H groups in total. The quantitative estimate of drug-likeness (QED) is 0.693. The fraction of sp³-hybridized carbons (Fsp3) is 1.00. The van der Waals surface area contributed by atoms with Gasteiger partial charge in [-0.1, -0.05) is 27.7 Å². The van der Waals surface area contributed by atoms with Gasteiger partial charge in [0.1, 0.15) is 0 Å². The van der Waals surface area contributed by atoms with Crippen molar-refractivity contribution < 1.29 is 4.74 Å². The Morgan fingerprint density at radius 1 is 1.15 bits per heavy atom. The molecule has 0 bridgehead atoms. The second-order valence-electron chi connectivity index (χ2n) is 4.46. The van der Waals surface area contributed by atoms with Gasteiger partial charge in [0.15, 0.2) is 0 Å². The summed E-state index contributed by atoms with van der Waals surface area (Å²) in [6.07, 6.45) is 1.26. The van der Waals surface area contributed by atoms with Crippen LogP contribution in [0.25, 0.3) is 0 Å². The van der Waals surface area contributed by atoms with Gasteiger partial charge in [0.05, 0.1) is 6.10 Å². The van der Waals surface area contributed by atoms with E-state index in [-0.39, 0.29) is 12.1 Å². The molecule has 13 heavy (non-hydrogen) atoms. The Morgan fingerprint density at radius 2 is 1.69 bits per heavy atom. The van der Waals surface area contributed by atoms with Crippen LogP contribution in [0.5, 0.6) is 0 Å². The maximum Gasteiger partial charge on any atom is 0.0748 e. The van der Waals surface area contributed by atoms with Gasteiger partial charge >= 0.3 is 0 Å². The molecule has 0 heterocycles. The molecule has 0 aliphatic rings. The number of nitrogens with two attached hydrogens (primary N) is 1. The molecular formula is C11H25NO. The summed E-state index contributed by atoms with van der Waals surface area (Å²) in [6.45, 7) is 11.5. The molecule has 0 spiro atoms. The smallest absolute Gasteiger partial charge is 0.0748 e. The van der Waals surface area contributed by atoms with Gasteiger partial charge in [-0.15, -0.1) is 0 Å². The van der Waals surface area contributed by atoms with E-state index in [1.54, 1.807) is 0 Å². The van der Waals surface area contributed by atoms with Gasteiger partial charge in [0.25, 0.3) is 0 Å². The summed E-state index contributed by atoms with van der Waals surface area (Å²) in [5, 5.41) is 0. The Bertz CT molecular complexity index is 123. The minimum absolute atomic E-state index is 0.181. The Labute approximate surface area is 82.8 Å². The lowest BCUT2D eigenvalue weighted by molar-refractivity contribution is 0.00833. The van der Waals surface area contributed by atoms with Crippen molar-refractivity contribution in [1.82, 2.24) is 0 Å². The molecular weight excluding hydrogens is 162 g/mol. The third kappa shape index (κ3) is 5.27. The zero-order valence-corrected chi connectivity index (χ0v) is 9.71. The standard InChI is InChI=1S/C11H25NO/c1-6-13-11(9(4)5)10(12)7-8(2)3/h8-11H,6-7,12H2,1-5H3. The van der Waals surface area contributed by atoms with Gasteiger partial charge in [0.2, 0.25) is 0 Å². The van der Waals surface area contributed by atoms with E-state index in [4.69, 9.17) is 10.5 Å². The summed E-state index contributed by atoms with van der Waals surface area (Å²) in [5.41, 5.74) is 6.08. The van der Waals surface area contributed by atoms with Crippen molar-refractivity contribution in [3.63, 3.8) is 0 Å². The zero-order valence-electron chi connectivity index (χ0n) is 9.71. The van der Waals surface area contributed by atoms with Gasteiger partial charge in [-0.05, 0) is 25.2 Å². The first kappa shape index (κ1) is 12.9. The molecule has 2 atom stereocenters. The van der Waals surface area contributed by atoms with E-state index in [0.29, 0.717) is 11.8 Å². The molecule has 0 aromatic rings.